The summed E-state index contributed by atoms with van der Waals surface area (Å²) in [5.41, 5.74) is 2.22. The summed E-state index contributed by atoms with van der Waals surface area (Å²) in [4.78, 5) is 32.7. The van der Waals surface area contributed by atoms with E-state index >= 15 is 0 Å². The molecule has 1 atom stereocenters. The van der Waals surface area contributed by atoms with Crippen LogP contribution in [0.25, 0.3) is 10.2 Å². The van der Waals surface area contributed by atoms with E-state index in [1.807, 2.05) is 25.1 Å². The lowest BCUT2D eigenvalue weighted by Crippen LogP contribution is -2.31. The number of hydrogen-bond acceptors (Lipinski definition) is 8. The molecule has 0 spiro atoms. The van der Waals surface area contributed by atoms with Gasteiger partial charge in [-0.15, -0.1) is 0 Å². The van der Waals surface area contributed by atoms with Gasteiger partial charge in [-0.2, -0.15) is 0 Å². The Morgan fingerprint density at radius 2 is 1.91 bits per heavy atom. The SMILES string of the molecule is COc1ccc([C@H]2C(C(=O)c3ccco3)=C(O)C(=O)N2c2nc3ccc(C)cc3s2)cc1OC. The number of rotatable bonds is 6. The average Bonchev–Trinajstić information content (AvgIpc) is 3.57. The number of nitrogens with zero attached hydrogens (tertiary/aromatic N) is 2. The van der Waals surface area contributed by atoms with E-state index in [2.05, 4.69) is 4.98 Å². The number of amides is 1. The molecule has 0 unspecified atom stereocenters. The molecule has 0 radical (unpaired) electrons. The van der Waals surface area contributed by atoms with Gasteiger partial charge in [0.25, 0.3) is 5.91 Å². The third-order valence-corrected chi connectivity index (χ3v) is 6.68. The molecule has 34 heavy (non-hydrogen) atoms. The molecule has 5 rings (SSSR count). The number of thiazole rings is 1. The molecule has 1 aliphatic rings. The molecule has 2 aromatic heterocycles. The van der Waals surface area contributed by atoms with Crippen LogP contribution in [0.15, 0.2) is 70.5 Å². The van der Waals surface area contributed by atoms with Crippen LogP contribution >= 0.6 is 11.3 Å². The van der Waals surface area contributed by atoms with Gasteiger partial charge in [0.2, 0.25) is 5.78 Å². The molecule has 9 heteroatoms. The van der Waals surface area contributed by atoms with Crippen molar-refractivity contribution in [2.75, 3.05) is 19.1 Å². The van der Waals surface area contributed by atoms with Crippen LogP contribution < -0.4 is 14.4 Å². The number of fused-ring (bicyclic) bond motifs is 1. The molecule has 0 saturated carbocycles. The van der Waals surface area contributed by atoms with Crippen LogP contribution in [0.5, 0.6) is 11.5 Å². The van der Waals surface area contributed by atoms with Gasteiger partial charge in [-0.1, -0.05) is 23.5 Å². The minimum Gasteiger partial charge on any atom is -0.503 e. The Labute approximate surface area is 198 Å². The first-order chi connectivity index (χ1) is 16.4. The molecule has 2 aromatic carbocycles. The minimum absolute atomic E-state index is 0.0154. The van der Waals surface area contributed by atoms with Crippen molar-refractivity contribution in [2.45, 2.75) is 13.0 Å². The largest absolute Gasteiger partial charge is 0.503 e. The zero-order valence-corrected chi connectivity index (χ0v) is 19.4. The van der Waals surface area contributed by atoms with Crippen molar-refractivity contribution in [1.29, 1.82) is 0 Å². The molecule has 1 aliphatic heterocycles. The van der Waals surface area contributed by atoms with Gasteiger partial charge < -0.3 is 19.0 Å². The van der Waals surface area contributed by atoms with Crippen molar-refractivity contribution >= 4 is 38.4 Å². The fraction of sp³-hybridized carbons (Fsp3) is 0.160. The van der Waals surface area contributed by atoms with Crippen LogP contribution in [0.2, 0.25) is 0 Å². The van der Waals surface area contributed by atoms with Crippen LogP contribution in [-0.2, 0) is 4.79 Å². The summed E-state index contributed by atoms with van der Waals surface area (Å²) in [6, 6.07) is 13.0. The first-order valence-corrected chi connectivity index (χ1v) is 11.2. The number of anilines is 1. The Bertz CT molecular complexity index is 1450. The summed E-state index contributed by atoms with van der Waals surface area (Å²) in [5.74, 6) is -1.02. The molecule has 3 heterocycles. The predicted molar refractivity (Wildman–Crippen MR) is 127 cm³/mol. The second-order valence-electron chi connectivity index (χ2n) is 7.73. The number of furan rings is 1. The number of methoxy groups -OCH3 is 2. The van der Waals surface area contributed by atoms with Gasteiger partial charge in [-0.05, 0) is 54.4 Å². The van der Waals surface area contributed by atoms with Crippen LogP contribution in [0.4, 0.5) is 5.13 Å². The number of carbonyl (C=O) groups excluding carboxylic acids is 2. The molecule has 4 aromatic rings. The summed E-state index contributed by atoms with van der Waals surface area (Å²) in [6.45, 7) is 1.97. The summed E-state index contributed by atoms with van der Waals surface area (Å²) in [7, 11) is 3.01. The lowest BCUT2D eigenvalue weighted by Gasteiger charge is -2.25. The second-order valence-corrected chi connectivity index (χ2v) is 8.74. The van der Waals surface area contributed by atoms with Crippen molar-refractivity contribution in [1.82, 2.24) is 4.98 Å². The van der Waals surface area contributed by atoms with E-state index in [-0.39, 0.29) is 11.3 Å². The van der Waals surface area contributed by atoms with E-state index in [4.69, 9.17) is 13.9 Å². The molecule has 0 aliphatic carbocycles. The number of hydrogen-bond donors (Lipinski definition) is 1. The molecular formula is C25H20N2O6S. The standard InChI is InChI=1S/C25H20N2O6S/c1-13-6-8-15-19(11-13)34-25(26-15)27-21(14-7-9-16(31-2)18(12-14)32-3)20(23(29)24(27)30)22(28)17-5-4-10-33-17/h4-12,21,29H,1-3H3/t21-/m0/s1. The Balaban J connectivity index is 1.70. The maximum Gasteiger partial charge on any atom is 0.296 e. The Kier molecular flexibility index (Phi) is 5.33. The molecule has 172 valence electrons. The Morgan fingerprint density at radius 1 is 1.12 bits per heavy atom. The van der Waals surface area contributed by atoms with Gasteiger partial charge in [0.1, 0.15) is 0 Å². The number of carbonyl (C=O) groups is 2. The number of Topliss-reactive ketones (excluding diaryl/α,β-unsaturated/α-hetero) is 1. The van der Waals surface area contributed by atoms with Crippen LogP contribution in [-0.4, -0.2) is 36.0 Å². The fourth-order valence-corrected chi connectivity index (χ4v) is 5.13. The summed E-state index contributed by atoms with van der Waals surface area (Å²) >= 11 is 1.31. The van der Waals surface area contributed by atoms with Crippen molar-refractivity contribution in [2.24, 2.45) is 0 Å². The number of aliphatic hydroxyl groups excluding tert-OH is 1. The molecule has 0 saturated heterocycles. The zero-order valence-electron chi connectivity index (χ0n) is 18.6. The average molecular weight is 477 g/mol. The maximum atomic E-state index is 13.4. The van der Waals surface area contributed by atoms with E-state index in [0.717, 1.165) is 15.8 Å². The van der Waals surface area contributed by atoms with Crippen molar-refractivity contribution in [3.05, 3.63) is 83.0 Å². The first kappa shape index (κ1) is 21.7. The highest BCUT2D eigenvalue weighted by Crippen LogP contribution is 2.45. The number of ketones is 1. The minimum atomic E-state index is -0.952. The highest BCUT2D eigenvalue weighted by molar-refractivity contribution is 7.22. The Hall–Kier alpha value is -4.11. The summed E-state index contributed by atoms with van der Waals surface area (Å²) in [6.07, 6.45) is 1.36. The zero-order chi connectivity index (χ0) is 24.0. The van der Waals surface area contributed by atoms with Gasteiger partial charge in [0.15, 0.2) is 28.1 Å². The van der Waals surface area contributed by atoms with Gasteiger partial charge >= 0.3 is 0 Å². The van der Waals surface area contributed by atoms with Gasteiger partial charge in [-0.3, -0.25) is 14.5 Å². The van der Waals surface area contributed by atoms with E-state index in [0.29, 0.717) is 22.2 Å². The molecule has 0 fully saturated rings. The van der Waals surface area contributed by atoms with E-state index in [1.54, 1.807) is 24.3 Å². The second kappa shape index (κ2) is 8.35. The predicted octanol–water partition coefficient (Wildman–Crippen LogP) is 5.00. The third kappa shape index (κ3) is 3.41. The molecule has 1 amide bonds. The molecular weight excluding hydrogens is 456 g/mol. The lowest BCUT2D eigenvalue weighted by molar-refractivity contribution is -0.117. The highest BCUT2D eigenvalue weighted by Gasteiger charge is 2.46. The van der Waals surface area contributed by atoms with Crippen LogP contribution in [0.1, 0.15) is 27.7 Å². The monoisotopic (exact) mass is 476 g/mol. The van der Waals surface area contributed by atoms with Crippen molar-refractivity contribution < 1.29 is 28.6 Å². The van der Waals surface area contributed by atoms with Gasteiger partial charge in [-0.25, -0.2) is 4.98 Å². The summed E-state index contributed by atoms with van der Waals surface area (Å²) in [5, 5.41) is 11.2. The van der Waals surface area contributed by atoms with Crippen molar-refractivity contribution in [3.8, 4) is 11.5 Å². The molecule has 0 bridgehead atoms. The normalized spacial score (nSPS) is 15.9. The molecule has 8 nitrogen and oxygen atoms in total. The van der Waals surface area contributed by atoms with Gasteiger partial charge in [0.05, 0.1) is 42.3 Å². The molecule has 1 N–H and O–H groups in total. The summed E-state index contributed by atoms with van der Waals surface area (Å²) < 4.78 is 16.9. The van der Waals surface area contributed by atoms with E-state index < -0.39 is 23.5 Å². The number of benzene rings is 2. The lowest BCUT2D eigenvalue weighted by atomic mass is 9.95. The Morgan fingerprint density at radius 3 is 2.62 bits per heavy atom. The van der Waals surface area contributed by atoms with Crippen LogP contribution in [0, 0.1) is 6.92 Å². The third-order valence-electron chi connectivity index (χ3n) is 5.66. The fourth-order valence-electron chi connectivity index (χ4n) is 4.04. The number of aromatic nitrogens is 1. The highest BCUT2D eigenvalue weighted by atomic mass is 32.1. The van der Waals surface area contributed by atoms with Crippen LogP contribution in [0.3, 0.4) is 0 Å². The van der Waals surface area contributed by atoms with Gasteiger partial charge in [0, 0.05) is 0 Å². The number of aryl methyl sites for hydroxylation is 1. The van der Waals surface area contributed by atoms with E-state index in [9.17, 15) is 14.7 Å². The maximum absolute atomic E-state index is 13.4. The number of aliphatic hydroxyl groups is 1. The quantitative estimate of drug-likeness (QED) is 0.391. The number of ether oxygens (including phenoxy) is 2. The topological polar surface area (TPSA) is 102 Å². The van der Waals surface area contributed by atoms with Crippen molar-refractivity contribution in [3.63, 3.8) is 0 Å². The first-order valence-electron chi connectivity index (χ1n) is 10.4. The van der Waals surface area contributed by atoms with E-state index in [1.165, 1.54) is 42.8 Å². The smallest absolute Gasteiger partial charge is 0.296 e.